The van der Waals surface area contributed by atoms with E-state index >= 15 is 0 Å². The highest BCUT2D eigenvalue weighted by Crippen LogP contribution is 2.32. The lowest BCUT2D eigenvalue weighted by Gasteiger charge is -2.38. The summed E-state index contributed by atoms with van der Waals surface area (Å²) in [7, 11) is 0. The first kappa shape index (κ1) is 18.3. The van der Waals surface area contributed by atoms with Gasteiger partial charge in [-0.2, -0.15) is 0 Å². The number of rotatable bonds is 3. The van der Waals surface area contributed by atoms with Gasteiger partial charge in [-0.25, -0.2) is 0 Å². The zero-order valence-corrected chi connectivity index (χ0v) is 15.5. The Morgan fingerprint density at radius 2 is 1.88 bits per heavy atom. The molecule has 0 saturated carbocycles. The Bertz CT molecular complexity index is 835. The van der Waals surface area contributed by atoms with Crippen molar-refractivity contribution in [2.75, 3.05) is 19.6 Å². The zero-order valence-electron chi connectivity index (χ0n) is 14.8. The molecule has 0 aromatic heterocycles. The molecule has 2 amide bonds. The second-order valence-electron chi connectivity index (χ2n) is 6.33. The monoisotopic (exact) mass is 372 g/mol. The van der Waals surface area contributed by atoms with Crippen LogP contribution < -0.4 is 0 Å². The highest BCUT2D eigenvalue weighted by Gasteiger charge is 2.33. The third-order valence-electron chi connectivity index (χ3n) is 4.79. The summed E-state index contributed by atoms with van der Waals surface area (Å²) >= 11 is 6.00. The van der Waals surface area contributed by atoms with Crippen molar-refractivity contribution in [1.29, 1.82) is 0 Å². The van der Waals surface area contributed by atoms with Gasteiger partial charge in [0.15, 0.2) is 0 Å². The van der Waals surface area contributed by atoms with Crippen LogP contribution in [0.4, 0.5) is 0 Å². The standard InChI is InChI=1S/C20H21ClN2O3/c1-3-22-10-11-23(13(2)19(22)25)20(26)15-6-4-14(5-7-15)17-12-16(21)8-9-18(17)24/h4-9,12-13,24H,3,10-11H2,1-2H3/t13-/m1/s1. The van der Waals surface area contributed by atoms with Crippen LogP contribution in [0.2, 0.25) is 5.02 Å². The molecule has 1 aliphatic rings. The van der Waals surface area contributed by atoms with E-state index in [1.807, 2.05) is 6.92 Å². The lowest BCUT2D eigenvalue weighted by molar-refractivity contribution is -0.139. The number of amides is 2. The van der Waals surface area contributed by atoms with Gasteiger partial charge in [0.2, 0.25) is 5.91 Å². The third-order valence-corrected chi connectivity index (χ3v) is 5.03. The fraction of sp³-hybridized carbons (Fsp3) is 0.300. The molecule has 0 unspecified atom stereocenters. The van der Waals surface area contributed by atoms with Crippen LogP contribution in [0.1, 0.15) is 24.2 Å². The van der Waals surface area contributed by atoms with Crippen LogP contribution in [-0.2, 0) is 4.79 Å². The largest absolute Gasteiger partial charge is 0.507 e. The Hall–Kier alpha value is -2.53. The molecule has 1 heterocycles. The van der Waals surface area contributed by atoms with Crippen LogP contribution in [0.5, 0.6) is 5.75 Å². The number of halogens is 1. The molecule has 2 aromatic carbocycles. The maximum absolute atomic E-state index is 12.8. The van der Waals surface area contributed by atoms with Gasteiger partial charge in [-0.3, -0.25) is 9.59 Å². The van der Waals surface area contributed by atoms with Gasteiger partial charge in [-0.15, -0.1) is 0 Å². The van der Waals surface area contributed by atoms with Gasteiger partial charge in [-0.1, -0.05) is 23.7 Å². The number of carbonyl (C=O) groups is 2. The summed E-state index contributed by atoms with van der Waals surface area (Å²) in [5, 5.41) is 10.5. The molecule has 6 heteroatoms. The number of piperazine rings is 1. The third kappa shape index (κ3) is 3.40. The highest BCUT2D eigenvalue weighted by molar-refractivity contribution is 6.31. The number of phenolic OH excluding ortho intramolecular Hbond substituents is 1. The summed E-state index contributed by atoms with van der Waals surface area (Å²) in [5.41, 5.74) is 1.89. The fourth-order valence-electron chi connectivity index (χ4n) is 3.22. The summed E-state index contributed by atoms with van der Waals surface area (Å²) in [4.78, 5) is 28.5. The molecule has 1 atom stereocenters. The molecule has 0 radical (unpaired) electrons. The average Bonchev–Trinajstić information content (AvgIpc) is 2.65. The van der Waals surface area contributed by atoms with Gasteiger partial charge < -0.3 is 14.9 Å². The maximum Gasteiger partial charge on any atom is 0.254 e. The molecule has 1 aliphatic heterocycles. The van der Waals surface area contributed by atoms with E-state index < -0.39 is 6.04 Å². The molecular formula is C20H21ClN2O3. The first-order valence-electron chi connectivity index (χ1n) is 8.61. The highest BCUT2D eigenvalue weighted by atomic mass is 35.5. The number of aromatic hydroxyl groups is 1. The van der Waals surface area contributed by atoms with E-state index in [0.717, 1.165) is 5.56 Å². The molecule has 0 bridgehead atoms. The van der Waals surface area contributed by atoms with E-state index in [9.17, 15) is 14.7 Å². The van der Waals surface area contributed by atoms with Crippen molar-refractivity contribution in [2.24, 2.45) is 0 Å². The normalized spacial score (nSPS) is 17.5. The van der Waals surface area contributed by atoms with Gasteiger partial charge in [0, 0.05) is 35.8 Å². The maximum atomic E-state index is 12.8. The topological polar surface area (TPSA) is 60.9 Å². The van der Waals surface area contributed by atoms with Crippen molar-refractivity contribution < 1.29 is 14.7 Å². The van der Waals surface area contributed by atoms with Gasteiger partial charge in [0.25, 0.3) is 5.91 Å². The van der Waals surface area contributed by atoms with Crippen molar-refractivity contribution in [3.8, 4) is 16.9 Å². The fourth-order valence-corrected chi connectivity index (χ4v) is 3.39. The molecule has 1 fully saturated rings. The summed E-state index contributed by atoms with van der Waals surface area (Å²) in [6, 6.07) is 11.3. The Balaban J connectivity index is 1.81. The average molecular weight is 373 g/mol. The lowest BCUT2D eigenvalue weighted by atomic mass is 10.0. The number of carbonyl (C=O) groups excluding carboxylic acids is 2. The van der Waals surface area contributed by atoms with E-state index in [0.29, 0.717) is 35.8 Å². The van der Waals surface area contributed by atoms with Crippen LogP contribution in [-0.4, -0.2) is 52.4 Å². The zero-order chi connectivity index (χ0) is 18.8. The predicted octanol–water partition coefficient (Wildman–Crippen LogP) is 3.41. The molecule has 5 nitrogen and oxygen atoms in total. The second kappa shape index (κ2) is 7.38. The van der Waals surface area contributed by atoms with Gasteiger partial charge >= 0.3 is 0 Å². The van der Waals surface area contributed by atoms with Crippen LogP contribution in [0, 0.1) is 0 Å². The minimum Gasteiger partial charge on any atom is -0.507 e. The van der Waals surface area contributed by atoms with Crippen LogP contribution in [0.25, 0.3) is 11.1 Å². The van der Waals surface area contributed by atoms with Gasteiger partial charge in [0.1, 0.15) is 11.8 Å². The molecule has 0 aliphatic carbocycles. The van der Waals surface area contributed by atoms with Crippen LogP contribution in [0.3, 0.4) is 0 Å². The van der Waals surface area contributed by atoms with E-state index in [4.69, 9.17) is 11.6 Å². The quantitative estimate of drug-likeness (QED) is 0.898. The predicted molar refractivity (Wildman–Crippen MR) is 101 cm³/mol. The number of hydrogen-bond acceptors (Lipinski definition) is 3. The molecule has 3 rings (SSSR count). The minimum absolute atomic E-state index is 0.0208. The first-order chi connectivity index (χ1) is 12.4. The Morgan fingerprint density at radius 1 is 1.19 bits per heavy atom. The smallest absolute Gasteiger partial charge is 0.254 e. The molecular weight excluding hydrogens is 352 g/mol. The van der Waals surface area contributed by atoms with Gasteiger partial charge in [0.05, 0.1) is 0 Å². The van der Waals surface area contributed by atoms with Crippen molar-refractivity contribution in [3.05, 3.63) is 53.1 Å². The lowest BCUT2D eigenvalue weighted by Crippen LogP contribution is -2.57. The number of benzene rings is 2. The number of nitrogens with zero attached hydrogens (tertiary/aromatic N) is 2. The summed E-state index contributed by atoms with van der Waals surface area (Å²) < 4.78 is 0. The molecule has 26 heavy (non-hydrogen) atoms. The van der Waals surface area contributed by atoms with Crippen molar-refractivity contribution in [1.82, 2.24) is 9.80 Å². The number of likely N-dealkylation sites (N-methyl/N-ethyl adjacent to an activating group) is 1. The molecule has 1 N–H and O–H groups in total. The second-order valence-corrected chi connectivity index (χ2v) is 6.77. The van der Waals surface area contributed by atoms with E-state index in [1.165, 1.54) is 6.07 Å². The van der Waals surface area contributed by atoms with Gasteiger partial charge in [-0.05, 0) is 49.7 Å². The van der Waals surface area contributed by atoms with Crippen LogP contribution in [0.15, 0.2) is 42.5 Å². The molecule has 0 spiro atoms. The van der Waals surface area contributed by atoms with Crippen molar-refractivity contribution >= 4 is 23.4 Å². The molecule has 2 aromatic rings. The SMILES string of the molecule is CCN1CCN(C(=O)c2ccc(-c3cc(Cl)ccc3O)cc2)[C@H](C)C1=O. The molecule has 136 valence electrons. The number of phenols is 1. The minimum atomic E-state index is -0.465. The molecule has 1 saturated heterocycles. The van der Waals surface area contributed by atoms with Crippen LogP contribution >= 0.6 is 11.6 Å². The Morgan fingerprint density at radius 3 is 2.54 bits per heavy atom. The Kier molecular flexibility index (Phi) is 5.18. The van der Waals surface area contributed by atoms with E-state index in [-0.39, 0.29) is 17.6 Å². The van der Waals surface area contributed by atoms with Crippen molar-refractivity contribution in [3.63, 3.8) is 0 Å². The van der Waals surface area contributed by atoms with Crippen molar-refractivity contribution in [2.45, 2.75) is 19.9 Å². The first-order valence-corrected chi connectivity index (χ1v) is 8.99. The summed E-state index contributed by atoms with van der Waals surface area (Å²) in [5.74, 6) is -0.0561. The summed E-state index contributed by atoms with van der Waals surface area (Å²) in [6.07, 6.45) is 0. The Labute approximate surface area is 157 Å². The van der Waals surface area contributed by atoms with E-state index in [2.05, 4.69) is 0 Å². The number of hydrogen-bond donors (Lipinski definition) is 1. The summed E-state index contributed by atoms with van der Waals surface area (Å²) in [6.45, 7) is 5.44. The van der Waals surface area contributed by atoms with E-state index in [1.54, 1.807) is 53.1 Å².